The fourth-order valence-electron chi connectivity index (χ4n) is 3.33. The van der Waals surface area contributed by atoms with Gasteiger partial charge in [-0.15, -0.1) is 0 Å². The Balaban J connectivity index is 1.94. The van der Waals surface area contributed by atoms with Gasteiger partial charge in [0.05, 0.1) is 5.52 Å². The van der Waals surface area contributed by atoms with E-state index in [0.29, 0.717) is 0 Å². The van der Waals surface area contributed by atoms with Crippen LogP contribution in [0.4, 0.5) is 0 Å². The number of fused-ring (bicyclic) bond motifs is 1. The highest BCUT2D eigenvalue weighted by Gasteiger charge is 2.16. The minimum Gasteiger partial charge on any atom is -0.350 e. The molecule has 1 saturated heterocycles. The molecule has 96 valence electrons. The number of rotatable bonds is 2. The van der Waals surface area contributed by atoms with Crippen LogP contribution in [0.25, 0.3) is 10.9 Å². The molecule has 3 rings (SSSR count). The van der Waals surface area contributed by atoms with Crippen LogP contribution in [0.3, 0.4) is 0 Å². The zero-order chi connectivity index (χ0) is 12.5. The fourth-order valence-corrected chi connectivity index (χ4v) is 3.33. The highest BCUT2D eigenvalue weighted by molar-refractivity contribution is 5.86. The van der Waals surface area contributed by atoms with Crippen molar-refractivity contribution >= 4 is 10.9 Å². The van der Waals surface area contributed by atoms with Crippen molar-refractivity contribution in [1.82, 2.24) is 9.88 Å². The molecule has 1 fully saturated rings. The smallest absolute Gasteiger partial charge is 0.0510 e. The molecule has 1 unspecified atom stereocenters. The predicted octanol–water partition coefficient (Wildman–Crippen LogP) is 3.03. The molecule has 0 aliphatic carbocycles. The van der Waals surface area contributed by atoms with Crippen LogP contribution in [0.2, 0.25) is 0 Å². The fraction of sp³-hybridized carbons (Fsp3) is 0.500. The molecule has 2 nitrogen and oxygen atoms in total. The molecule has 0 radical (unpaired) electrons. The Morgan fingerprint density at radius 1 is 1.39 bits per heavy atom. The first-order valence-corrected chi connectivity index (χ1v) is 7.00. The Morgan fingerprint density at radius 3 is 3.06 bits per heavy atom. The summed E-state index contributed by atoms with van der Waals surface area (Å²) in [6.07, 6.45) is 6.24. The minimum atomic E-state index is 0.810. The van der Waals surface area contributed by atoms with Gasteiger partial charge in [0, 0.05) is 18.6 Å². The molecule has 1 aromatic carbocycles. The average molecular weight is 242 g/mol. The van der Waals surface area contributed by atoms with E-state index >= 15 is 0 Å². The maximum Gasteiger partial charge on any atom is 0.0510 e. The van der Waals surface area contributed by atoms with Crippen LogP contribution in [0.5, 0.6) is 0 Å². The molecule has 1 N–H and O–H groups in total. The van der Waals surface area contributed by atoms with E-state index < -0.39 is 0 Å². The van der Waals surface area contributed by atoms with Crippen molar-refractivity contribution in [3.8, 4) is 0 Å². The monoisotopic (exact) mass is 242 g/mol. The number of nitrogens with zero attached hydrogens (tertiary/aromatic N) is 1. The van der Waals surface area contributed by atoms with Gasteiger partial charge in [-0.3, -0.25) is 0 Å². The number of nitrogens with one attached hydrogen (secondary N) is 1. The average Bonchev–Trinajstić information content (AvgIpc) is 2.69. The van der Waals surface area contributed by atoms with E-state index in [1.54, 1.807) is 0 Å². The van der Waals surface area contributed by atoms with Crippen molar-refractivity contribution < 1.29 is 0 Å². The zero-order valence-electron chi connectivity index (χ0n) is 11.4. The Hall–Kier alpha value is -1.28. The van der Waals surface area contributed by atoms with Crippen molar-refractivity contribution in [2.75, 3.05) is 13.1 Å². The van der Waals surface area contributed by atoms with Gasteiger partial charge in [-0.05, 0) is 56.3 Å². The Kier molecular flexibility index (Phi) is 3.13. The predicted molar refractivity (Wildman–Crippen MR) is 77.0 cm³/mol. The first kappa shape index (κ1) is 11.8. The van der Waals surface area contributed by atoms with Gasteiger partial charge in [-0.1, -0.05) is 18.2 Å². The summed E-state index contributed by atoms with van der Waals surface area (Å²) < 4.78 is 2.29. The summed E-state index contributed by atoms with van der Waals surface area (Å²) in [5.41, 5.74) is 4.30. The van der Waals surface area contributed by atoms with Gasteiger partial charge in [0.25, 0.3) is 0 Å². The third-order valence-corrected chi connectivity index (χ3v) is 4.19. The highest BCUT2D eigenvalue weighted by Crippen LogP contribution is 2.27. The van der Waals surface area contributed by atoms with Crippen LogP contribution in [0.15, 0.2) is 24.4 Å². The molecular formula is C16H22N2. The lowest BCUT2D eigenvalue weighted by Crippen LogP contribution is -2.30. The van der Waals surface area contributed by atoms with Crippen LogP contribution in [0, 0.1) is 12.8 Å². The Labute approximate surface area is 109 Å². The third-order valence-electron chi connectivity index (χ3n) is 4.19. The van der Waals surface area contributed by atoms with Gasteiger partial charge in [0.1, 0.15) is 0 Å². The maximum atomic E-state index is 3.51. The number of hydrogen-bond donors (Lipinski definition) is 1. The van der Waals surface area contributed by atoms with Crippen LogP contribution in [-0.4, -0.2) is 17.7 Å². The van der Waals surface area contributed by atoms with E-state index in [2.05, 4.69) is 48.3 Å². The Bertz CT molecular complexity index is 547. The van der Waals surface area contributed by atoms with Crippen molar-refractivity contribution in [2.45, 2.75) is 26.2 Å². The Morgan fingerprint density at radius 2 is 2.28 bits per heavy atom. The van der Waals surface area contributed by atoms with Gasteiger partial charge in [0.15, 0.2) is 0 Å². The number of hydrogen-bond acceptors (Lipinski definition) is 1. The second kappa shape index (κ2) is 4.77. The number of benzene rings is 1. The molecule has 0 spiro atoms. The van der Waals surface area contributed by atoms with E-state index in [9.17, 15) is 0 Å². The zero-order valence-corrected chi connectivity index (χ0v) is 11.4. The van der Waals surface area contributed by atoms with E-state index in [1.165, 1.54) is 54.4 Å². The summed E-state index contributed by atoms with van der Waals surface area (Å²) in [6.45, 7) is 4.58. The summed E-state index contributed by atoms with van der Waals surface area (Å²) in [4.78, 5) is 0. The van der Waals surface area contributed by atoms with Crippen LogP contribution in [-0.2, 0) is 13.5 Å². The van der Waals surface area contributed by atoms with Crippen LogP contribution in [0.1, 0.15) is 24.0 Å². The topological polar surface area (TPSA) is 17.0 Å². The first-order chi connectivity index (χ1) is 8.75. The number of aromatic nitrogens is 1. The standard InChI is InChI=1S/C16H22N2/c1-12-5-3-7-15-14(11-18(2)16(12)15)9-13-6-4-8-17-10-13/h3,5,7,11,13,17H,4,6,8-10H2,1-2H3. The summed E-state index contributed by atoms with van der Waals surface area (Å²) in [5.74, 6) is 0.810. The van der Waals surface area contributed by atoms with E-state index in [-0.39, 0.29) is 0 Å². The highest BCUT2D eigenvalue weighted by atomic mass is 14.9. The number of aryl methyl sites for hydroxylation is 2. The van der Waals surface area contributed by atoms with Crippen LogP contribution < -0.4 is 5.32 Å². The lowest BCUT2D eigenvalue weighted by Gasteiger charge is -2.22. The van der Waals surface area contributed by atoms with Gasteiger partial charge in [0.2, 0.25) is 0 Å². The summed E-state index contributed by atoms with van der Waals surface area (Å²) >= 11 is 0. The number of piperidine rings is 1. The summed E-state index contributed by atoms with van der Waals surface area (Å²) in [6, 6.07) is 6.66. The molecule has 1 atom stereocenters. The molecule has 0 amide bonds. The maximum absolute atomic E-state index is 3.51. The second-order valence-electron chi connectivity index (χ2n) is 5.65. The minimum absolute atomic E-state index is 0.810. The van der Waals surface area contributed by atoms with Crippen LogP contribution >= 0.6 is 0 Å². The van der Waals surface area contributed by atoms with E-state index in [1.807, 2.05) is 0 Å². The lowest BCUT2D eigenvalue weighted by atomic mass is 9.92. The van der Waals surface area contributed by atoms with Gasteiger partial charge < -0.3 is 9.88 Å². The summed E-state index contributed by atoms with van der Waals surface area (Å²) in [7, 11) is 2.16. The van der Waals surface area contributed by atoms with E-state index in [0.717, 1.165) is 5.92 Å². The second-order valence-corrected chi connectivity index (χ2v) is 5.65. The largest absolute Gasteiger partial charge is 0.350 e. The normalized spacial score (nSPS) is 20.4. The molecule has 0 saturated carbocycles. The van der Waals surface area contributed by atoms with Gasteiger partial charge >= 0.3 is 0 Å². The quantitative estimate of drug-likeness (QED) is 0.856. The molecule has 0 bridgehead atoms. The molecule has 2 heteroatoms. The molecule has 2 aromatic rings. The van der Waals surface area contributed by atoms with Crippen molar-refractivity contribution in [3.63, 3.8) is 0 Å². The van der Waals surface area contributed by atoms with E-state index in [4.69, 9.17) is 0 Å². The molecule has 1 aliphatic rings. The lowest BCUT2D eigenvalue weighted by molar-refractivity contribution is 0.376. The molecule has 1 aliphatic heterocycles. The van der Waals surface area contributed by atoms with Crippen molar-refractivity contribution in [1.29, 1.82) is 0 Å². The van der Waals surface area contributed by atoms with Crippen molar-refractivity contribution in [3.05, 3.63) is 35.5 Å². The first-order valence-electron chi connectivity index (χ1n) is 7.00. The van der Waals surface area contributed by atoms with Crippen molar-refractivity contribution in [2.24, 2.45) is 13.0 Å². The molecule has 18 heavy (non-hydrogen) atoms. The van der Waals surface area contributed by atoms with Gasteiger partial charge in [-0.2, -0.15) is 0 Å². The number of para-hydroxylation sites is 1. The third kappa shape index (κ3) is 2.05. The molecule has 1 aromatic heterocycles. The van der Waals surface area contributed by atoms with Gasteiger partial charge in [-0.25, -0.2) is 0 Å². The summed E-state index contributed by atoms with van der Waals surface area (Å²) in [5, 5.41) is 4.96. The molecule has 2 heterocycles. The SMILES string of the molecule is Cc1cccc2c(CC3CCCNC3)cn(C)c12. The molecular weight excluding hydrogens is 220 g/mol.